The van der Waals surface area contributed by atoms with Crippen LogP contribution in [0.15, 0.2) is 23.4 Å². The summed E-state index contributed by atoms with van der Waals surface area (Å²) in [4.78, 5) is 0. The molecule has 19 heavy (non-hydrogen) atoms. The van der Waals surface area contributed by atoms with Gasteiger partial charge in [0.2, 0.25) is 5.16 Å². The maximum absolute atomic E-state index is 8.56. The van der Waals surface area contributed by atoms with E-state index in [1.54, 1.807) is 11.8 Å². The summed E-state index contributed by atoms with van der Waals surface area (Å²) < 4.78 is 6.96. The lowest BCUT2D eigenvalue weighted by atomic mass is 10.2. The predicted molar refractivity (Wildman–Crippen MR) is 71.4 cm³/mol. The van der Waals surface area contributed by atoms with Gasteiger partial charge in [-0.05, 0) is 35.0 Å². The molecule has 98 valence electrons. The largest absolute Gasteiger partial charge is 0.494 e. The second kappa shape index (κ2) is 6.20. The Balaban J connectivity index is 2.34. The first-order chi connectivity index (χ1) is 9.26. The van der Waals surface area contributed by atoms with Crippen LogP contribution in [0.3, 0.4) is 0 Å². The summed E-state index contributed by atoms with van der Waals surface area (Å²) in [5, 5.41) is 20.9. The van der Waals surface area contributed by atoms with Gasteiger partial charge >= 0.3 is 0 Å². The zero-order valence-corrected chi connectivity index (χ0v) is 11.5. The molecule has 1 aromatic heterocycles. The van der Waals surface area contributed by atoms with Crippen LogP contribution < -0.4 is 4.74 Å². The summed E-state index contributed by atoms with van der Waals surface area (Å²) in [6.07, 6.45) is 0.461. The number of nitrogens with zero attached hydrogens (tertiary/aromatic N) is 5. The Hall–Kier alpha value is -2.07. The van der Waals surface area contributed by atoms with E-state index in [-0.39, 0.29) is 0 Å². The van der Waals surface area contributed by atoms with E-state index in [1.807, 2.05) is 25.1 Å². The van der Waals surface area contributed by atoms with E-state index in [0.29, 0.717) is 23.1 Å². The molecule has 0 saturated carbocycles. The molecule has 0 radical (unpaired) electrons. The highest BCUT2D eigenvalue weighted by Gasteiger charge is 2.13. The van der Waals surface area contributed by atoms with Crippen LogP contribution in [-0.2, 0) is 0 Å². The lowest BCUT2D eigenvalue weighted by Gasteiger charge is -2.09. The van der Waals surface area contributed by atoms with E-state index in [4.69, 9.17) is 10.00 Å². The van der Waals surface area contributed by atoms with Gasteiger partial charge in [-0.3, -0.25) is 0 Å². The van der Waals surface area contributed by atoms with Gasteiger partial charge in [0.15, 0.2) is 0 Å². The minimum Gasteiger partial charge on any atom is -0.494 e. The van der Waals surface area contributed by atoms with Gasteiger partial charge < -0.3 is 4.74 Å². The van der Waals surface area contributed by atoms with Crippen molar-refractivity contribution in [3.8, 4) is 17.5 Å². The molecule has 0 saturated heterocycles. The normalized spacial score (nSPS) is 10.2. The zero-order valence-electron chi connectivity index (χ0n) is 10.7. The first-order valence-electron chi connectivity index (χ1n) is 5.69. The Morgan fingerprint density at radius 1 is 1.47 bits per heavy atom. The number of benzene rings is 1. The lowest BCUT2D eigenvalue weighted by molar-refractivity contribution is 0.410. The molecule has 0 aliphatic heterocycles. The van der Waals surface area contributed by atoms with Gasteiger partial charge in [-0.25, -0.2) is 0 Å². The molecule has 0 fully saturated rings. The van der Waals surface area contributed by atoms with Gasteiger partial charge in [-0.15, -0.1) is 5.10 Å². The fraction of sp³-hybridized carbons (Fsp3) is 0.333. The Bertz CT molecular complexity index is 604. The third kappa shape index (κ3) is 3.03. The molecule has 0 N–H and O–H groups in total. The van der Waals surface area contributed by atoms with Gasteiger partial charge in [-0.1, -0.05) is 17.8 Å². The van der Waals surface area contributed by atoms with E-state index in [9.17, 15) is 0 Å². The Labute approximate surface area is 115 Å². The molecule has 0 spiro atoms. The van der Waals surface area contributed by atoms with Crippen LogP contribution in [0.25, 0.3) is 5.69 Å². The third-order valence-electron chi connectivity index (χ3n) is 2.45. The van der Waals surface area contributed by atoms with Crippen molar-refractivity contribution in [2.75, 3.05) is 12.9 Å². The number of aromatic nitrogens is 4. The number of thioether (sulfide) groups is 1. The highest BCUT2D eigenvalue weighted by molar-refractivity contribution is 7.99. The number of rotatable bonds is 5. The van der Waals surface area contributed by atoms with Crippen molar-refractivity contribution in [1.29, 1.82) is 5.26 Å². The fourth-order valence-electron chi connectivity index (χ4n) is 1.57. The van der Waals surface area contributed by atoms with Crippen LogP contribution in [0.2, 0.25) is 0 Å². The first kappa shape index (κ1) is 13.4. The van der Waals surface area contributed by atoms with Crippen molar-refractivity contribution in [3.05, 3.63) is 23.8 Å². The minimum atomic E-state index is 0.461. The van der Waals surface area contributed by atoms with Gasteiger partial charge in [0.05, 0.1) is 13.2 Å². The first-order valence-corrected chi connectivity index (χ1v) is 6.68. The average Bonchev–Trinajstić information content (AvgIpc) is 2.87. The van der Waals surface area contributed by atoms with Crippen molar-refractivity contribution in [1.82, 2.24) is 20.2 Å². The number of methoxy groups -OCH3 is 1. The molecular formula is C12H13N5OS. The van der Waals surface area contributed by atoms with E-state index < -0.39 is 0 Å². The van der Waals surface area contributed by atoms with Crippen molar-refractivity contribution in [3.63, 3.8) is 0 Å². The van der Waals surface area contributed by atoms with E-state index in [2.05, 4.69) is 21.6 Å². The molecule has 7 heteroatoms. The third-order valence-corrected chi connectivity index (χ3v) is 3.37. The van der Waals surface area contributed by atoms with Crippen LogP contribution in [-0.4, -0.2) is 33.1 Å². The summed E-state index contributed by atoms with van der Waals surface area (Å²) in [6, 6.07) is 7.91. The lowest BCUT2D eigenvalue weighted by Crippen LogP contribution is -2.02. The van der Waals surface area contributed by atoms with E-state index in [0.717, 1.165) is 11.3 Å². The molecule has 6 nitrogen and oxygen atoms in total. The number of hydrogen-bond donors (Lipinski definition) is 0. The monoisotopic (exact) mass is 275 g/mol. The number of hydrogen-bond acceptors (Lipinski definition) is 6. The Kier molecular flexibility index (Phi) is 4.36. The van der Waals surface area contributed by atoms with Crippen LogP contribution in [0.4, 0.5) is 0 Å². The second-order valence-corrected chi connectivity index (χ2v) is 4.87. The number of nitriles is 1. The van der Waals surface area contributed by atoms with E-state index >= 15 is 0 Å². The average molecular weight is 275 g/mol. The van der Waals surface area contributed by atoms with Crippen LogP contribution >= 0.6 is 11.8 Å². The van der Waals surface area contributed by atoms with Crippen molar-refractivity contribution in [2.24, 2.45) is 0 Å². The molecule has 1 heterocycles. The van der Waals surface area contributed by atoms with Gasteiger partial charge in [0, 0.05) is 12.2 Å². The summed E-state index contributed by atoms with van der Waals surface area (Å²) in [5.41, 5.74) is 1.89. The van der Waals surface area contributed by atoms with Gasteiger partial charge in [-0.2, -0.15) is 9.94 Å². The molecular weight excluding hydrogens is 262 g/mol. The molecule has 0 amide bonds. The minimum absolute atomic E-state index is 0.461. The smallest absolute Gasteiger partial charge is 0.214 e. The van der Waals surface area contributed by atoms with Crippen LogP contribution in [0.5, 0.6) is 5.75 Å². The van der Waals surface area contributed by atoms with E-state index in [1.165, 1.54) is 11.8 Å². The molecule has 2 rings (SSSR count). The number of ether oxygens (including phenoxy) is 1. The molecule has 0 aliphatic carbocycles. The van der Waals surface area contributed by atoms with Crippen molar-refractivity contribution < 1.29 is 4.74 Å². The highest BCUT2D eigenvalue weighted by atomic mass is 32.2. The van der Waals surface area contributed by atoms with Gasteiger partial charge in [0.1, 0.15) is 11.4 Å². The maximum Gasteiger partial charge on any atom is 0.214 e. The molecule has 0 aliphatic rings. The topological polar surface area (TPSA) is 76.6 Å². The quantitative estimate of drug-likeness (QED) is 0.613. The van der Waals surface area contributed by atoms with Crippen LogP contribution in [0, 0.1) is 18.3 Å². The Morgan fingerprint density at radius 3 is 3.05 bits per heavy atom. The molecule has 0 unspecified atom stereocenters. The van der Waals surface area contributed by atoms with Crippen molar-refractivity contribution in [2.45, 2.75) is 18.5 Å². The second-order valence-electron chi connectivity index (χ2n) is 3.81. The fourth-order valence-corrected chi connectivity index (χ4v) is 2.30. The summed E-state index contributed by atoms with van der Waals surface area (Å²) in [7, 11) is 1.61. The SMILES string of the molecule is COc1ccc(C)cc1-n1nnnc1SCCC#N. The summed E-state index contributed by atoms with van der Waals surface area (Å²) in [5.74, 6) is 1.37. The molecule has 0 bridgehead atoms. The highest BCUT2D eigenvalue weighted by Crippen LogP contribution is 2.26. The zero-order chi connectivity index (χ0) is 13.7. The maximum atomic E-state index is 8.56. The molecule has 1 aromatic carbocycles. The Morgan fingerprint density at radius 2 is 2.32 bits per heavy atom. The predicted octanol–water partition coefficient (Wildman–Crippen LogP) is 1.99. The standard InChI is InChI=1S/C12H13N5OS/c1-9-4-5-11(18-2)10(8-9)17-12(14-15-16-17)19-7-3-6-13/h4-5,8H,3,7H2,1-2H3. The summed E-state index contributed by atoms with van der Waals surface area (Å²) >= 11 is 1.45. The molecule has 2 aromatic rings. The van der Waals surface area contributed by atoms with Crippen molar-refractivity contribution >= 4 is 11.8 Å². The molecule has 0 atom stereocenters. The summed E-state index contributed by atoms with van der Waals surface area (Å²) in [6.45, 7) is 2.00. The van der Waals surface area contributed by atoms with Crippen LogP contribution in [0.1, 0.15) is 12.0 Å². The number of aryl methyl sites for hydroxylation is 1. The van der Waals surface area contributed by atoms with Gasteiger partial charge in [0.25, 0.3) is 0 Å². The number of tetrazole rings is 1.